The van der Waals surface area contributed by atoms with Crippen molar-refractivity contribution in [2.24, 2.45) is 0 Å². The standard InChI is InChI=1S/C16H13BrN2O/c1-10-6-7-11(17)8-15(10)19-16(20)13-9-18-14-5-3-2-4-12(13)14/h2-9,18H,1H3,(H,19,20). The predicted molar refractivity (Wildman–Crippen MR) is 85.1 cm³/mol. The summed E-state index contributed by atoms with van der Waals surface area (Å²) in [6, 6.07) is 13.6. The summed E-state index contributed by atoms with van der Waals surface area (Å²) >= 11 is 3.42. The Bertz CT molecular complexity index is 792. The van der Waals surface area contributed by atoms with Crippen LogP contribution in [0.4, 0.5) is 5.69 Å². The van der Waals surface area contributed by atoms with Crippen LogP contribution >= 0.6 is 15.9 Å². The molecular weight excluding hydrogens is 316 g/mol. The molecule has 0 aliphatic heterocycles. The van der Waals surface area contributed by atoms with Gasteiger partial charge in [0, 0.05) is 27.3 Å². The highest BCUT2D eigenvalue weighted by Gasteiger charge is 2.12. The normalized spacial score (nSPS) is 10.7. The van der Waals surface area contributed by atoms with E-state index >= 15 is 0 Å². The molecule has 4 heteroatoms. The van der Waals surface area contributed by atoms with Gasteiger partial charge in [-0.15, -0.1) is 0 Å². The van der Waals surface area contributed by atoms with Crippen LogP contribution in [0.3, 0.4) is 0 Å². The molecule has 100 valence electrons. The number of hydrogen-bond donors (Lipinski definition) is 2. The molecule has 0 aliphatic carbocycles. The van der Waals surface area contributed by atoms with Crippen molar-refractivity contribution in [3.8, 4) is 0 Å². The van der Waals surface area contributed by atoms with Crippen molar-refractivity contribution in [3.05, 3.63) is 64.3 Å². The molecule has 0 atom stereocenters. The number of amides is 1. The number of aromatic nitrogens is 1. The average molecular weight is 329 g/mol. The van der Waals surface area contributed by atoms with Gasteiger partial charge in [-0.25, -0.2) is 0 Å². The fourth-order valence-electron chi connectivity index (χ4n) is 2.18. The van der Waals surface area contributed by atoms with Gasteiger partial charge in [-0.3, -0.25) is 4.79 Å². The van der Waals surface area contributed by atoms with E-state index in [4.69, 9.17) is 0 Å². The SMILES string of the molecule is Cc1ccc(Br)cc1NC(=O)c1c[nH]c2ccccc12. The van der Waals surface area contributed by atoms with E-state index in [1.807, 2.05) is 49.4 Å². The van der Waals surface area contributed by atoms with Crippen LogP contribution < -0.4 is 5.32 Å². The number of aryl methyl sites for hydroxylation is 1. The molecule has 0 fully saturated rings. The summed E-state index contributed by atoms with van der Waals surface area (Å²) in [6.07, 6.45) is 1.74. The van der Waals surface area contributed by atoms with Crippen molar-refractivity contribution in [2.75, 3.05) is 5.32 Å². The van der Waals surface area contributed by atoms with Crippen LogP contribution in [-0.4, -0.2) is 10.9 Å². The Morgan fingerprint density at radius 2 is 2.00 bits per heavy atom. The first-order valence-corrected chi connectivity index (χ1v) is 7.08. The number of carbonyl (C=O) groups excluding carboxylic acids is 1. The maximum absolute atomic E-state index is 12.4. The van der Waals surface area contributed by atoms with Gasteiger partial charge in [0.1, 0.15) is 0 Å². The molecule has 0 spiro atoms. The highest BCUT2D eigenvalue weighted by atomic mass is 79.9. The van der Waals surface area contributed by atoms with Crippen molar-refractivity contribution >= 4 is 38.4 Å². The molecular formula is C16H13BrN2O. The van der Waals surface area contributed by atoms with Crippen LogP contribution in [0.25, 0.3) is 10.9 Å². The van der Waals surface area contributed by atoms with Crippen LogP contribution in [0.1, 0.15) is 15.9 Å². The molecule has 0 aliphatic rings. The number of rotatable bonds is 2. The van der Waals surface area contributed by atoms with Crippen molar-refractivity contribution < 1.29 is 4.79 Å². The molecule has 3 rings (SSSR count). The molecule has 0 saturated carbocycles. The topological polar surface area (TPSA) is 44.9 Å². The van der Waals surface area contributed by atoms with E-state index in [-0.39, 0.29) is 5.91 Å². The monoisotopic (exact) mass is 328 g/mol. The van der Waals surface area contributed by atoms with E-state index in [2.05, 4.69) is 26.2 Å². The fourth-order valence-corrected chi connectivity index (χ4v) is 2.54. The van der Waals surface area contributed by atoms with Gasteiger partial charge < -0.3 is 10.3 Å². The number of benzene rings is 2. The first kappa shape index (κ1) is 12.9. The largest absolute Gasteiger partial charge is 0.360 e. The molecule has 2 N–H and O–H groups in total. The molecule has 3 nitrogen and oxygen atoms in total. The summed E-state index contributed by atoms with van der Waals surface area (Å²) < 4.78 is 0.942. The van der Waals surface area contributed by atoms with Gasteiger partial charge in [0.2, 0.25) is 0 Å². The van der Waals surface area contributed by atoms with Crippen molar-refractivity contribution in [3.63, 3.8) is 0 Å². The van der Waals surface area contributed by atoms with Gasteiger partial charge in [0.15, 0.2) is 0 Å². The van der Waals surface area contributed by atoms with Crippen LogP contribution in [0.5, 0.6) is 0 Å². The second-order valence-electron chi connectivity index (χ2n) is 4.66. The summed E-state index contributed by atoms with van der Waals surface area (Å²) in [7, 11) is 0. The quantitative estimate of drug-likeness (QED) is 0.715. The number of fused-ring (bicyclic) bond motifs is 1. The van der Waals surface area contributed by atoms with Gasteiger partial charge in [-0.1, -0.05) is 40.2 Å². The minimum atomic E-state index is -0.108. The Morgan fingerprint density at radius 1 is 1.20 bits per heavy atom. The van der Waals surface area contributed by atoms with Crippen LogP contribution in [0.2, 0.25) is 0 Å². The number of halogens is 1. The molecule has 1 heterocycles. The van der Waals surface area contributed by atoms with Crippen molar-refractivity contribution in [2.45, 2.75) is 6.92 Å². The van der Waals surface area contributed by atoms with Gasteiger partial charge in [-0.05, 0) is 30.7 Å². The van der Waals surface area contributed by atoms with E-state index < -0.39 is 0 Å². The first-order valence-electron chi connectivity index (χ1n) is 6.29. The van der Waals surface area contributed by atoms with Crippen molar-refractivity contribution in [1.29, 1.82) is 0 Å². The van der Waals surface area contributed by atoms with E-state index in [1.165, 1.54) is 0 Å². The lowest BCUT2D eigenvalue weighted by atomic mass is 10.1. The zero-order valence-corrected chi connectivity index (χ0v) is 12.5. The number of aromatic amines is 1. The Kier molecular flexibility index (Phi) is 3.32. The lowest BCUT2D eigenvalue weighted by Crippen LogP contribution is -2.12. The fraction of sp³-hybridized carbons (Fsp3) is 0.0625. The minimum Gasteiger partial charge on any atom is -0.360 e. The van der Waals surface area contributed by atoms with E-state index in [0.717, 1.165) is 26.6 Å². The number of nitrogens with one attached hydrogen (secondary N) is 2. The first-order chi connectivity index (χ1) is 9.65. The second-order valence-corrected chi connectivity index (χ2v) is 5.58. The van der Waals surface area contributed by atoms with Crippen LogP contribution in [-0.2, 0) is 0 Å². The Labute approximate surface area is 125 Å². The zero-order chi connectivity index (χ0) is 14.1. The number of carbonyl (C=O) groups is 1. The molecule has 1 amide bonds. The molecule has 0 saturated heterocycles. The molecule has 0 unspecified atom stereocenters. The maximum Gasteiger partial charge on any atom is 0.257 e. The highest BCUT2D eigenvalue weighted by molar-refractivity contribution is 9.10. The number of H-pyrrole nitrogens is 1. The number of hydrogen-bond acceptors (Lipinski definition) is 1. The zero-order valence-electron chi connectivity index (χ0n) is 10.9. The average Bonchev–Trinajstić information content (AvgIpc) is 2.87. The number of anilines is 1. The molecule has 0 radical (unpaired) electrons. The van der Waals surface area contributed by atoms with Gasteiger partial charge in [0.05, 0.1) is 5.56 Å². The smallest absolute Gasteiger partial charge is 0.257 e. The van der Waals surface area contributed by atoms with E-state index in [9.17, 15) is 4.79 Å². The summed E-state index contributed by atoms with van der Waals surface area (Å²) in [5.41, 5.74) is 3.46. The third-order valence-electron chi connectivity index (χ3n) is 3.28. The van der Waals surface area contributed by atoms with Gasteiger partial charge >= 0.3 is 0 Å². The molecule has 3 aromatic rings. The van der Waals surface area contributed by atoms with Crippen molar-refractivity contribution in [1.82, 2.24) is 4.98 Å². The van der Waals surface area contributed by atoms with Crippen LogP contribution in [0, 0.1) is 6.92 Å². The summed E-state index contributed by atoms with van der Waals surface area (Å²) in [4.78, 5) is 15.5. The molecule has 20 heavy (non-hydrogen) atoms. The third kappa shape index (κ3) is 2.34. The van der Waals surface area contributed by atoms with E-state index in [1.54, 1.807) is 6.20 Å². The van der Waals surface area contributed by atoms with E-state index in [0.29, 0.717) is 5.56 Å². The molecule has 2 aromatic carbocycles. The minimum absolute atomic E-state index is 0.108. The Morgan fingerprint density at radius 3 is 2.85 bits per heavy atom. The Hall–Kier alpha value is -2.07. The number of para-hydroxylation sites is 1. The summed E-state index contributed by atoms with van der Waals surface area (Å²) in [5.74, 6) is -0.108. The maximum atomic E-state index is 12.4. The third-order valence-corrected chi connectivity index (χ3v) is 3.77. The summed E-state index contributed by atoms with van der Waals surface area (Å²) in [6.45, 7) is 1.97. The van der Waals surface area contributed by atoms with Crippen LogP contribution in [0.15, 0.2) is 53.1 Å². The molecule has 1 aromatic heterocycles. The lowest BCUT2D eigenvalue weighted by Gasteiger charge is -2.08. The highest BCUT2D eigenvalue weighted by Crippen LogP contribution is 2.23. The Balaban J connectivity index is 1.95. The molecule has 0 bridgehead atoms. The predicted octanol–water partition coefficient (Wildman–Crippen LogP) is 4.49. The van der Waals surface area contributed by atoms with Gasteiger partial charge in [-0.2, -0.15) is 0 Å². The van der Waals surface area contributed by atoms with Gasteiger partial charge in [0.25, 0.3) is 5.91 Å². The second kappa shape index (κ2) is 5.13. The lowest BCUT2D eigenvalue weighted by molar-refractivity contribution is 0.102. The summed E-state index contributed by atoms with van der Waals surface area (Å²) in [5, 5.41) is 3.89.